The fourth-order valence-electron chi connectivity index (χ4n) is 2.82. The Kier molecular flexibility index (Phi) is 5.43. The van der Waals surface area contributed by atoms with Crippen LogP contribution >= 0.6 is 11.3 Å². The van der Waals surface area contributed by atoms with Crippen molar-refractivity contribution in [2.24, 2.45) is 0 Å². The van der Waals surface area contributed by atoms with Gasteiger partial charge in [-0.3, -0.25) is 15.1 Å². The van der Waals surface area contributed by atoms with E-state index in [2.05, 4.69) is 15.3 Å². The molecule has 1 aromatic carbocycles. The van der Waals surface area contributed by atoms with Gasteiger partial charge in [0, 0.05) is 28.9 Å². The number of aromatic nitrogens is 2. The second kappa shape index (κ2) is 7.76. The largest absolute Gasteiger partial charge is 0.298 e. The van der Waals surface area contributed by atoms with Crippen molar-refractivity contribution in [1.29, 1.82) is 0 Å². The minimum atomic E-state index is -2.46. The van der Waals surface area contributed by atoms with E-state index in [1.54, 1.807) is 24.5 Å². The summed E-state index contributed by atoms with van der Waals surface area (Å²) in [4.78, 5) is 20.6. The summed E-state index contributed by atoms with van der Waals surface area (Å²) in [7, 11) is -2.46. The van der Waals surface area contributed by atoms with E-state index < -0.39 is 10.7 Å². The zero-order chi connectivity index (χ0) is 18.7. The molecular formula is C18H17N3O3S2. The topological polar surface area (TPSA) is 89.0 Å². The molecule has 134 valence electrons. The summed E-state index contributed by atoms with van der Waals surface area (Å²) in [6, 6.07) is 7.00. The molecular weight excluding hydrogens is 370 g/mol. The van der Waals surface area contributed by atoms with Crippen molar-refractivity contribution >= 4 is 33.1 Å². The zero-order valence-electron chi connectivity index (χ0n) is 14.2. The number of anilines is 1. The Morgan fingerprint density at radius 1 is 1.15 bits per heavy atom. The third-order valence-corrected chi connectivity index (χ3v) is 5.21. The number of carbonyl (C=O) groups excluding carboxylic acids is 1. The Bertz CT molecular complexity index is 996. The highest BCUT2D eigenvalue weighted by atomic mass is 32.2. The molecule has 3 aromatic rings. The van der Waals surface area contributed by atoms with Crippen LogP contribution in [0.2, 0.25) is 0 Å². The predicted molar refractivity (Wildman–Crippen MR) is 103 cm³/mol. The van der Waals surface area contributed by atoms with E-state index >= 15 is 0 Å². The van der Waals surface area contributed by atoms with Gasteiger partial charge >= 0.3 is 0 Å². The molecule has 0 saturated heterocycles. The number of nitrogens with zero attached hydrogens (tertiary/aromatic N) is 2. The van der Waals surface area contributed by atoms with E-state index in [1.807, 2.05) is 31.4 Å². The van der Waals surface area contributed by atoms with E-state index in [0.29, 0.717) is 10.7 Å². The van der Waals surface area contributed by atoms with Crippen LogP contribution in [-0.4, -0.2) is 24.3 Å². The van der Waals surface area contributed by atoms with Gasteiger partial charge in [-0.25, -0.2) is 13.4 Å². The number of aryl methyl sites for hydroxylation is 2. The molecule has 6 nitrogen and oxygen atoms in total. The number of thiazole rings is 1. The molecule has 1 amide bonds. The van der Waals surface area contributed by atoms with Gasteiger partial charge in [0.2, 0.25) is 0 Å². The lowest BCUT2D eigenvalue weighted by atomic mass is 9.98. The third-order valence-electron chi connectivity index (χ3n) is 3.83. The maximum Gasteiger partial charge on any atom is 0.257 e. The molecule has 0 atom stereocenters. The normalized spacial score (nSPS) is 10.9. The standard InChI is InChI=1S/C18H17N3O3S2/c1-11-7-13(10-26(23)24)8-12(2)16(11)15-9-25-18(20-15)21-17(22)14-3-5-19-6-4-14/h3-9,26H,10H2,1-2H3,(H,20,21,22). The number of rotatable bonds is 5. The molecule has 2 heterocycles. The molecule has 0 fully saturated rings. The molecule has 0 bridgehead atoms. The summed E-state index contributed by atoms with van der Waals surface area (Å²) in [5.41, 5.74) is 4.90. The summed E-state index contributed by atoms with van der Waals surface area (Å²) in [6.45, 7) is 3.86. The lowest BCUT2D eigenvalue weighted by Gasteiger charge is -2.09. The summed E-state index contributed by atoms with van der Waals surface area (Å²) in [6.07, 6.45) is 3.12. The molecule has 0 radical (unpaired) electrons. The molecule has 1 N–H and O–H groups in total. The molecule has 26 heavy (non-hydrogen) atoms. The van der Waals surface area contributed by atoms with Gasteiger partial charge in [-0.2, -0.15) is 0 Å². The maximum atomic E-state index is 12.2. The van der Waals surface area contributed by atoms with E-state index in [4.69, 9.17) is 0 Å². The first kappa shape index (κ1) is 18.2. The van der Waals surface area contributed by atoms with Crippen molar-refractivity contribution in [2.75, 3.05) is 5.32 Å². The molecule has 0 saturated carbocycles. The van der Waals surface area contributed by atoms with Crippen molar-refractivity contribution in [1.82, 2.24) is 9.97 Å². The average Bonchev–Trinajstić information content (AvgIpc) is 3.02. The summed E-state index contributed by atoms with van der Waals surface area (Å²) >= 11 is 1.34. The average molecular weight is 387 g/mol. The summed E-state index contributed by atoms with van der Waals surface area (Å²) in [5.74, 6) is -0.210. The van der Waals surface area contributed by atoms with Crippen LogP contribution < -0.4 is 5.32 Å². The first-order valence-electron chi connectivity index (χ1n) is 7.83. The van der Waals surface area contributed by atoms with Crippen LogP contribution in [0, 0.1) is 13.8 Å². The van der Waals surface area contributed by atoms with Gasteiger partial charge in [0.15, 0.2) is 5.13 Å². The van der Waals surface area contributed by atoms with E-state index in [-0.39, 0.29) is 11.7 Å². The fourth-order valence-corrected chi connectivity index (χ4v) is 3.99. The highest BCUT2D eigenvalue weighted by Gasteiger charge is 2.14. The van der Waals surface area contributed by atoms with Crippen LogP contribution in [0.3, 0.4) is 0 Å². The van der Waals surface area contributed by atoms with Gasteiger partial charge < -0.3 is 0 Å². The second-order valence-electron chi connectivity index (χ2n) is 5.82. The zero-order valence-corrected chi connectivity index (χ0v) is 15.9. The van der Waals surface area contributed by atoms with Gasteiger partial charge in [0.05, 0.1) is 11.4 Å². The SMILES string of the molecule is Cc1cc(C[SH](=O)=O)cc(C)c1-c1csc(NC(=O)c2ccncc2)n1. The molecule has 0 aliphatic heterocycles. The van der Waals surface area contributed by atoms with Gasteiger partial charge in [-0.1, -0.05) is 12.1 Å². The molecule has 0 aliphatic rings. The molecule has 2 aromatic heterocycles. The van der Waals surface area contributed by atoms with Gasteiger partial charge in [0.1, 0.15) is 10.7 Å². The Morgan fingerprint density at radius 3 is 2.42 bits per heavy atom. The maximum absolute atomic E-state index is 12.2. The lowest BCUT2D eigenvalue weighted by molar-refractivity contribution is 0.102. The Morgan fingerprint density at radius 2 is 1.81 bits per heavy atom. The van der Waals surface area contributed by atoms with Crippen molar-refractivity contribution in [2.45, 2.75) is 19.6 Å². The Labute approximate surface area is 156 Å². The second-order valence-corrected chi connectivity index (χ2v) is 7.66. The van der Waals surface area contributed by atoms with Crippen LogP contribution in [0.15, 0.2) is 42.0 Å². The number of nitrogens with one attached hydrogen (secondary N) is 1. The van der Waals surface area contributed by atoms with Gasteiger partial charge in [-0.15, -0.1) is 11.3 Å². The van der Waals surface area contributed by atoms with Crippen LogP contribution in [-0.2, 0) is 16.5 Å². The molecule has 8 heteroatoms. The van der Waals surface area contributed by atoms with Crippen molar-refractivity contribution < 1.29 is 13.2 Å². The predicted octanol–water partition coefficient (Wildman–Crippen LogP) is 3.19. The van der Waals surface area contributed by atoms with Crippen LogP contribution in [0.25, 0.3) is 11.3 Å². The summed E-state index contributed by atoms with van der Waals surface area (Å²) < 4.78 is 21.9. The van der Waals surface area contributed by atoms with Crippen molar-refractivity contribution in [3.63, 3.8) is 0 Å². The highest BCUT2D eigenvalue weighted by molar-refractivity contribution is 7.71. The van der Waals surface area contributed by atoms with Gasteiger partial charge in [-0.05, 0) is 42.7 Å². The number of amides is 1. The van der Waals surface area contributed by atoms with E-state index in [1.165, 1.54) is 11.3 Å². The number of carbonyl (C=O) groups is 1. The molecule has 0 aliphatic carbocycles. The quantitative estimate of drug-likeness (QED) is 0.657. The van der Waals surface area contributed by atoms with Crippen LogP contribution in [0.1, 0.15) is 27.0 Å². The molecule has 0 unspecified atom stereocenters. The number of hydrogen-bond acceptors (Lipinski definition) is 6. The highest BCUT2D eigenvalue weighted by Crippen LogP contribution is 2.31. The smallest absolute Gasteiger partial charge is 0.257 e. The van der Waals surface area contributed by atoms with Crippen molar-refractivity contribution in [3.8, 4) is 11.3 Å². The van der Waals surface area contributed by atoms with Crippen LogP contribution in [0.5, 0.6) is 0 Å². The van der Waals surface area contributed by atoms with E-state index in [9.17, 15) is 13.2 Å². The number of pyridine rings is 1. The molecule has 3 rings (SSSR count). The first-order valence-corrected chi connectivity index (χ1v) is 10.1. The first-order chi connectivity index (χ1) is 12.4. The number of hydrogen-bond donors (Lipinski definition) is 2. The van der Waals surface area contributed by atoms with Crippen molar-refractivity contribution in [3.05, 3.63) is 64.3 Å². The van der Waals surface area contributed by atoms with Crippen LogP contribution in [0.4, 0.5) is 5.13 Å². The van der Waals surface area contributed by atoms with E-state index in [0.717, 1.165) is 27.9 Å². The minimum absolute atomic E-state index is 0.0294. The lowest BCUT2D eigenvalue weighted by Crippen LogP contribution is -2.11. The molecule has 0 spiro atoms. The third kappa shape index (κ3) is 4.14. The minimum Gasteiger partial charge on any atom is -0.298 e. The fraction of sp³-hybridized carbons (Fsp3) is 0.167. The number of thiol groups is 1. The summed E-state index contributed by atoms with van der Waals surface area (Å²) in [5, 5.41) is 5.17. The van der Waals surface area contributed by atoms with Gasteiger partial charge in [0.25, 0.3) is 5.91 Å². The Hall–Kier alpha value is -2.58. The monoisotopic (exact) mass is 387 g/mol. The number of benzene rings is 1. The Balaban J connectivity index is 1.85.